The molecule has 4 bridgehead atoms. The van der Waals surface area contributed by atoms with Gasteiger partial charge in [0.1, 0.15) is 5.82 Å². The van der Waals surface area contributed by atoms with Crippen molar-refractivity contribution in [1.82, 2.24) is 15.3 Å². The van der Waals surface area contributed by atoms with Gasteiger partial charge in [0.2, 0.25) is 0 Å². The summed E-state index contributed by atoms with van der Waals surface area (Å²) in [6.45, 7) is 0. The molecule has 4 aliphatic carbocycles. The standard InChI is InChI=1S/C24H23Cl2N3O/c25-17-2-1-3-18(26)21(17)23-27-19-5-4-14(11-20(19)28-23)24(30)29-22-15-7-12-6-13(9-15)10-16(22)8-12/h1-5,11-13,15-16,22H,6-10H2,(H,27,28)(H,29,30). The maximum Gasteiger partial charge on any atom is 0.251 e. The van der Waals surface area contributed by atoms with Crippen LogP contribution in [0.2, 0.25) is 10.0 Å². The third kappa shape index (κ3) is 3.04. The Kier molecular flexibility index (Phi) is 4.36. The van der Waals surface area contributed by atoms with Gasteiger partial charge >= 0.3 is 0 Å². The van der Waals surface area contributed by atoms with E-state index in [-0.39, 0.29) is 5.91 Å². The summed E-state index contributed by atoms with van der Waals surface area (Å²) in [4.78, 5) is 21.0. The Hall–Kier alpha value is -2.04. The zero-order chi connectivity index (χ0) is 20.4. The van der Waals surface area contributed by atoms with Gasteiger partial charge < -0.3 is 10.3 Å². The van der Waals surface area contributed by atoms with E-state index in [1.807, 2.05) is 24.3 Å². The number of hydrogen-bond donors (Lipinski definition) is 2. The predicted molar refractivity (Wildman–Crippen MR) is 120 cm³/mol. The lowest BCUT2D eigenvalue weighted by molar-refractivity contribution is -0.0119. The van der Waals surface area contributed by atoms with Crippen LogP contribution < -0.4 is 5.32 Å². The topological polar surface area (TPSA) is 57.8 Å². The van der Waals surface area contributed by atoms with Gasteiger partial charge in [-0.25, -0.2) is 4.98 Å². The van der Waals surface area contributed by atoms with Crippen molar-refractivity contribution >= 4 is 40.1 Å². The lowest BCUT2D eigenvalue weighted by Gasteiger charge is -2.54. The molecule has 0 saturated heterocycles. The second-order valence-electron chi connectivity index (χ2n) is 9.34. The first-order chi connectivity index (χ1) is 14.5. The van der Waals surface area contributed by atoms with E-state index in [9.17, 15) is 4.79 Å². The van der Waals surface area contributed by atoms with Gasteiger partial charge in [0.15, 0.2) is 0 Å². The van der Waals surface area contributed by atoms with Crippen LogP contribution in [0, 0.1) is 23.7 Å². The van der Waals surface area contributed by atoms with Crippen molar-refractivity contribution in [3.05, 3.63) is 52.0 Å². The molecule has 0 spiro atoms. The van der Waals surface area contributed by atoms with Gasteiger partial charge in [-0.15, -0.1) is 0 Å². The SMILES string of the molecule is O=C(NC1C2CC3CC(C2)CC1C3)c1ccc2nc(-c3c(Cl)cccc3Cl)[nH]c2c1. The summed E-state index contributed by atoms with van der Waals surface area (Å²) in [6.07, 6.45) is 6.58. The monoisotopic (exact) mass is 439 g/mol. The highest BCUT2D eigenvalue weighted by molar-refractivity contribution is 6.39. The van der Waals surface area contributed by atoms with Crippen molar-refractivity contribution in [3.63, 3.8) is 0 Å². The first-order valence-electron chi connectivity index (χ1n) is 10.8. The van der Waals surface area contributed by atoms with E-state index in [0.717, 1.165) is 22.9 Å². The van der Waals surface area contributed by atoms with Crippen LogP contribution >= 0.6 is 23.2 Å². The summed E-state index contributed by atoms with van der Waals surface area (Å²) in [7, 11) is 0. The van der Waals surface area contributed by atoms with Crippen molar-refractivity contribution in [2.75, 3.05) is 0 Å². The molecule has 2 N–H and O–H groups in total. The second kappa shape index (κ2) is 7.00. The van der Waals surface area contributed by atoms with Crippen molar-refractivity contribution in [2.45, 2.75) is 38.1 Å². The maximum atomic E-state index is 13.1. The predicted octanol–water partition coefficient (Wildman–Crippen LogP) is 6.09. The molecule has 4 nitrogen and oxygen atoms in total. The Balaban J connectivity index is 1.27. The fourth-order valence-corrected chi connectivity index (χ4v) is 6.97. The summed E-state index contributed by atoms with van der Waals surface area (Å²) in [5.74, 6) is 3.75. The molecule has 4 fully saturated rings. The number of nitrogens with one attached hydrogen (secondary N) is 2. The molecule has 1 amide bonds. The Morgan fingerprint density at radius 2 is 1.63 bits per heavy atom. The zero-order valence-electron chi connectivity index (χ0n) is 16.5. The number of nitrogens with zero attached hydrogens (tertiary/aromatic N) is 1. The van der Waals surface area contributed by atoms with E-state index in [1.54, 1.807) is 12.1 Å². The molecule has 1 heterocycles. The van der Waals surface area contributed by atoms with Crippen molar-refractivity contribution in [2.24, 2.45) is 23.7 Å². The average molecular weight is 440 g/mol. The van der Waals surface area contributed by atoms with Gasteiger partial charge in [0.05, 0.1) is 26.6 Å². The number of imidazole rings is 1. The van der Waals surface area contributed by atoms with Gasteiger partial charge in [0.25, 0.3) is 5.91 Å². The highest BCUT2D eigenvalue weighted by Crippen LogP contribution is 2.53. The molecule has 0 radical (unpaired) electrons. The van der Waals surface area contributed by atoms with Gasteiger partial charge in [-0.3, -0.25) is 4.79 Å². The van der Waals surface area contributed by atoms with E-state index in [2.05, 4.69) is 15.3 Å². The largest absolute Gasteiger partial charge is 0.349 e. The normalized spacial score (nSPS) is 29.5. The average Bonchev–Trinajstić information content (AvgIpc) is 3.12. The van der Waals surface area contributed by atoms with Crippen LogP contribution in [-0.2, 0) is 0 Å². The Bertz CT molecular complexity index is 1110. The lowest BCUT2D eigenvalue weighted by atomic mass is 9.54. The Morgan fingerprint density at radius 3 is 2.30 bits per heavy atom. The second-order valence-corrected chi connectivity index (χ2v) is 10.2. The number of H-pyrrole nitrogens is 1. The van der Waals surface area contributed by atoms with Crippen molar-refractivity contribution in [1.29, 1.82) is 0 Å². The Labute approximate surface area is 185 Å². The van der Waals surface area contributed by atoms with Crippen LogP contribution in [0.25, 0.3) is 22.4 Å². The van der Waals surface area contributed by atoms with Gasteiger partial charge in [-0.1, -0.05) is 29.3 Å². The molecule has 30 heavy (non-hydrogen) atoms. The van der Waals surface area contributed by atoms with Gasteiger partial charge in [-0.05, 0) is 86.1 Å². The van der Waals surface area contributed by atoms with Crippen molar-refractivity contribution in [3.8, 4) is 11.4 Å². The van der Waals surface area contributed by atoms with E-state index in [1.165, 1.54) is 32.1 Å². The number of carbonyl (C=O) groups is 1. The lowest BCUT2D eigenvalue weighted by Crippen LogP contribution is -2.55. The Morgan fingerprint density at radius 1 is 0.967 bits per heavy atom. The highest BCUT2D eigenvalue weighted by Gasteiger charge is 2.48. The summed E-state index contributed by atoms with van der Waals surface area (Å²) in [6, 6.07) is 11.3. The van der Waals surface area contributed by atoms with E-state index in [4.69, 9.17) is 23.2 Å². The molecule has 0 atom stereocenters. The molecule has 6 heteroatoms. The molecule has 0 aliphatic heterocycles. The number of hydrogen-bond acceptors (Lipinski definition) is 2. The minimum Gasteiger partial charge on any atom is -0.349 e. The summed E-state index contributed by atoms with van der Waals surface area (Å²) < 4.78 is 0. The molecule has 0 unspecified atom stereocenters. The maximum absolute atomic E-state index is 13.1. The van der Waals surface area contributed by atoms with Crippen LogP contribution in [0.15, 0.2) is 36.4 Å². The fourth-order valence-electron chi connectivity index (χ4n) is 6.39. The van der Waals surface area contributed by atoms with Gasteiger partial charge in [-0.2, -0.15) is 0 Å². The van der Waals surface area contributed by atoms with Gasteiger partial charge in [0, 0.05) is 11.6 Å². The summed E-state index contributed by atoms with van der Waals surface area (Å²) in [5, 5.41) is 4.47. The van der Waals surface area contributed by atoms with Crippen LogP contribution in [0.1, 0.15) is 42.5 Å². The molecule has 154 valence electrons. The molecule has 4 saturated carbocycles. The number of halogens is 2. The molecular weight excluding hydrogens is 417 g/mol. The van der Waals surface area contributed by atoms with Crippen LogP contribution in [0.5, 0.6) is 0 Å². The van der Waals surface area contributed by atoms with Crippen molar-refractivity contribution < 1.29 is 4.79 Å². The third-order valence-electron chi connectivity index (χ3n) is 7.47. The van der Waals surface area contributed by atoms with E-state index >= 15 is 0 Å². The highest BCUT2D eigenvalue weighted by atomic mass is 35.5. The molecule has 1 aromatic heterocycles. The number of rotatable bonds is 3. The first-order valence-corrected chi connectivity index (χ1v) is 11.6. The number of fused-ring (bicyclic) bond motifs is 1. The minimum absolute atomic E-state index is 0.0151. The molecule has 3 aromatic rings. The summed E-state index contributed by atoms with van der Waals surface area (Å²) in [5.41, 5.74) is 2.93. The number of benzene rings is 2. The summed E-state index contributed by atoms with van der Waals surface area (Å²) >= 11 is 12.7. The van der Waals surface area contributed by atoms with E-state index in [0.29, 0.717) is 44.9 Å². The number of aromatic nitrogens is 2. The minimum atomic E-state index is 0.0151. The third-order valence-corrected chi connectivity index (χ3v) is 8.10. The smallest absolute Gasteiger partial charge is 0.251 e. The molecule has 4 aliphatic rings. The van der Waals surface area contributed by atoms with Crippen LogP contribution in [0.4, 0.5) is 0 Å². The number of carbonyl (C=O) groups excluding carboxylic acids is 1. The number of amides is 1. The van der Waals surface area contributed by atoms with Crippen LogP contribution in [-0.4, -0.2) is 21.9 Å². The molecular formula is C24H23Cl2N3O. The molecule has 2 aromatic carbocycles. The quantitative estimate of drug-likeness (QED) is 0.518. The van der Waals surface area contributed by atoms with E-state index < -0.39 is 0 Å². The first kappa shape index (κ1) is 18.7. The number of aromatic amines is 1. The fraction of sp³-hybridized carbons (Fsp3) is 0.417. The molecule has 7 rings (SSSR count). The van der Waals surface area contributed by atoms with Crippen LogP contribution in [0.3, 0.4) is 0 Å². The zero-order valence-corrected chi connectivity index (χ0v) is 18.0.